The first-order valence-electron chi connectivity index (χ1n) is 6.77. The molecule has 1 aliphatic rings. The van der Waals surface area contributed by atoms with Gasteiger partial charge in [-0.15, -0.1) is 0 Å². The van der Waals surface area contributed by atoms with Crippen LogP contribution < -0.4 is 0 Å². The predicted molar refractivity (Wildman–Crippen MR) is 71.7 cm³/mol. The Hall–Kier alpha value is -1.26. The lowest BCUT2D eigenvalue weighted by Crippen LogP contribution is -2.45. The molecule has 19 heavy (non-hydrogen) atoms. The van der Waals surface area contributed by atoms with Gasteiger partial charge < -0.3 is 14.4 Å². The summed E-state index contributed by atoms with van der Waals surface area (Å²) in [4.78, 5) is 25.1. The van der Waals surface area contributed by atoms with E-state index in [0.29, 0.717) is 25.4 Å². The SMILES string of the molecule is COC(=O)C[C@@H]1CN(C(=O)OC(C)(C)C)CC[C@@H]1C. The van der Waals surface area contributed by atoms with Gasteiger partial charge in [0.05, 0.1) is 13.5 Å². The van der Waals surface area contributed by atoms with Gasteiger partial charge in [-0.25, -0.2) is 4.79 Å². The minimum atomic E-state index is -0.488. The van der Waals surface area contributed by atoms with Crippen LogP contribution in [0.2, 0.25) is 0 Å². The van der Waals surface area contributed by atoms with Crippen LogP contribution in [0.1, 0.15) is 40.5 Å². The summed E-state index contributed by atoms with van der Waals surface area (Å²) in [5, 5.41) is 0. The summed E-state index contributed by atoms with van der Waals surface area (Å²) < 4.78 is 10.1. The Balaban J connectivity index is 2.58. The predicted octanol–water partition coefficient (Wildman–Crippen LogP) is 2.44. The van der Waals surface area contributed by atoms with Crippen LogP contribution >= 0.6 is 0 Å². The number of ether oxygens (including phenoxy) is 2. The highest BCUT2D eigenvalue weighted by Crippen LogP contribution is 2.27. The minimum Gasteiger partial charge on any atom is -0.469 e. The number of amides is 1. The van der Waals surface area contributed by atoms with E-state index in [-0.39, 0.29) is 18.0 Å². The molecule has 1 rings (SSSR count). The molecule has 5 nitrogen and oxygen atoms in total. The number of esters is 1. The monoisotopic (exact) mass is 271 g/mol. The first kappa shape index (κ1) is 15.8. The summed E-state index contributed by atoms with van der Waals surface area (Å²) in [5.41, 5.74) is -0.488. The Morgan fingerprint density at radius 1 is 1.32 bits per heavy atom. The number of hydrogen-bond acceptors (Lipinski definition) is 4. The molecule has 0 N–H and O–H groups in total. The van der Waals surface area contributed by atoms with Gasteiger partial charge in [-0.3, -0.25) is 4.79 Å². The highest BCUT2D eigenvalue weighted by molar-refractivity contribution is 5.70. The van der Waals surface area contributed by atoms with Gasteiger partial charge in [0.1, 0.15) is 5.60 Å². The first-order valence-corrected chi connectivity index (χ1v) is 6.77. The fraction of sp³-hybridized carbons (Fsp3) is 0.857. The molecule has 1 aliphatic heterocycles. The molecule has 0 saturated carbocycles. The number of rotatable bonds is 2. The molecule has 0 radical (unpaired) electrons. The Labute approximate surface area is 115 Å². The first-order chi connectivity index (χ1) is 8.73. The van der Waals surface area contributed by atoms with Crippen molar-refractivity contribution < 1.29 is 19.1 Å². The maximum atomic E-state index is 12.0. The van der Waals surface area contributed by atoms with Crippen molar-refractivity contribution in [1.82, 2.24) is 4.90 Å². The van der Waals surface area contributed by atoms with E-state index in [2.05, 4.69) is 6.92 Å². The van der Waals surface area contributed by atoms with Gasteiger partial charge in [0.25, 0.3) is 0 Å². The van der Waals surface area contributed by atoms with Crippen LogP contribution in [0.4, 0.5) is 4.79 Å². The second kappa shape index (κ2) is 6.26. The van der Waals surface area contributed by atoms with Crippen molar-refractivity contribution >= 4 is 12.1 Å². The highest BCUT2D eigenvalue weighted by atomic mass is 16.6. The molecule has 0 aromatic heterocycles. The molecule has 1 fully saturated rings. The molecule has 0 aliphatic carbocycles. The van der Waals surface area contributed by atoms with Crippen molar-refractivity contribution in [2.75, 3.05) is 20.2 Å². The van der Waals surface area contributed by atoms with E-state index < -0.39 is 5.60 Å². The molecule has 0 bridgehead atoms. The van der Waals surface area contributed by atoms with Crippen molar-refractivity contribution in [3.8, 4) is 0 Å². The van der Waals surface area contributed by atoms with Crippen LogP contribution in [0.5, 0.6) is 0 Å². The van der Waals surface area contributed by atoms with Crippen LogP contribution in [-0.4, -0.2) is 42.8 Å². The van der Waals surface area contributed by atoms with Crippen molar-refractivity contribution in [3.05, 3.63) is 0 Å². The van der Waals surface area contributed by atoms with E-state index in [1.807, 2.05) is 20.8 Å². The Morgan fingerprint density at radius 2 is 1.95 bits per heavy atom. The van der Waals surface area contributed by atoms with Crippen molar-refractivity contribution in [2.45, 2.75) is 46.1 Å². The van der Waals surface area contributed by atoms with E-state index in [9.17, 15) is 9.59 Å². The maximum absolute atomic E-state index is 12.0. The molecule has 2 atom stereocenters. The fourth-order valence-corrected chi connectivity index (χ4v) is 2.20. The second-order valence-electron chi connectivity index (χ2n) is 6.23. The van der Waals surface area contributed by atoms with E-state index >= 15 is 0 Å². The number of piperidine rings is 1. The third kappa shape index (κ3) is 5.09. The van der Waals surface area contributed by atoms with Crippen molar-refractivity contribution in [3.63, 3.8) is 0 Å². The molecule has 1 saturated heterocycles. The zero-order valence-electron chi connectivity index (χ0n) is 12.6. The molecule has 0 unspecified atom stereocenters. The molecule has 0 aromatic carbocycles. The van der Waals surface area contributed by atoms with Crippen LogP contribution in [0.15, 0.2) is 0 Å². The van der Waals surface area contributed by atoms with Crippen molar-refractivity contribution in [2.24, 2.45) is 11.8 Å². The summed E-state index contributed by atoms with van der Waals surface area (Å²) in [6.45, 7) is 8.91. The molecule has 1 heterocycles. The van der Waals surface area contributed by atoms with E-state index in [1.54, 1.807) is 4.90 Å². The summed E-state index contributed by atoms with van der Waals surface area (Å²) in [5.74, 6) is 0.342. The lowest BCUT2D eigenvalue weighted by molar-refractivity contribution is -0.142. The normalized spacial score (nSPS) is 23.9. The number of likely N-dealkylation sites (tertiary alicyclic amines) is 1. The Morgan fingerprint density at radius 3 is 2.47 bits per heavy atom. The standard InChI is InChI=1S/C14H25NO4/c1-10-6-7-15(13(17)19-14(2,3)4)9-11(10)8-12(16)18-5/h10-11H,6-9H2,1-5H3/t10-,11+/m0/s1. The van der Waals surface area contributed by atoms with Crippen LogP contribution in [0, 0.1) is 11.8 Å². The zero-order chi connectivity index (χ0) is 14.6. The fourth-order valence-electron chi connectivity index (χ4n) is 2.20. The molecule has 0 aromatic rings. The lowest BCUT2D eigenvalue weighted by Gasteiger charge is -2.37. The molecule has 110 valence electrons. The molecular formula is C14H25NO4. The topological polar surface area (TPSA) is 55.8 Å². The molecule has 0 spiro atoms. The van der Waals surface area contributed by atoms with Gasteiger partial charge in [0.2, 0.25) is 0 Å². The average molecular weight is 271 g/mol. The van der Waals surface area contributed by atoms with E-state index in [1.165, 1.54) is 7.11 Å². The zero-order valence-corrected chi connectivity index (χ0v) is 12.6. The van der Waals surface area contributed by atoms with Gasteiger partial charge in [0, 0.05) is 13.1 Å². The molecule has 1 amide bonds. The molecule has 5 heteroatoms. The van der Waals surface area contributed by atoms with Gasteiger partial charge in [-0.05, 0) is 39.0 Å². The van der Waals surface area contributed by atoms with Crippen molar-refractivity contribution in [1.29, 1.82) is 0 Å². The number of hydrogen-bond donors (Lipinski definition) is 0. The van der Waals surface area contributed by atoms with Gasteiger partial charge in [0.15, 0.2) is 0 Å². The summed E-state index contributed by atoms with van der Waals surface area (Å²) in [7, 11) is 1.39. The second-order valence-corrected chi connectivity index (χ2v) is 6.23. The lowest BCUT2D eigenvalue weighted by atomic mass is 9.85. The van der Waals surface area contributed by atoms with Gasteiger partial charge in [-0.2, -0.15) is 0 Å². The van der Waals surface area contributed by atoms with Crippen LogP contribution in [0.3, 0.4) is 0 Å². The number of carbonyl (C=O) groups excluding carboxylic acids is 2. The van der Waals surface area contributed by atoms with Gasteiger partial charge in [-0.1, -0.05) is 6.92 Å². The van der Waals surface area contributed by atoms with E-state index in [4.69, 9.17) is 9.47 Å². The summed E-state index contributed by atoms with van der Waals surface area (Å²) in [6, 6.07) is 0. The maximum Gasteiger partial charge on any atom is 0.410 e. The van der Waals surface area contributed by atoms with Crippen LogP contribution in [-0.2, 0) is 14.3 Å². The largest absolute Gasteiger partial charge is 0.469 e. The quantitative estimate of drug-likeness (QED) is 0.724. The third-order valence-electron chi connectivity index (χ3n) is 3.42. The van der Waals surface area contributed by atoms with Crippen LogP contribution in [0.25, 0.3) is 0 Å². The highest BCUT2D eigenvalue weighted by Gasteiger charge is 2.32. The minimum absolute atomic E-state index is 0.147. The van der Waals surface area contributed by atoms with E-state index in [0.717, 1.165) is 6.42 Å². The molecular weight excluding hydrogens is 246 g/mol. The Bertz CT molecular complexity index is 335. The summed E-state index contributed by atoms with van der Waals surface area (Å²) >= 11 is 0. The smallest absolute Gasteiger partial charge is 0.410 e. The average Bonchev–Trinajstić information content (AvgIpc) is 2.29. The number of methoxy groups -OCH3 is 1. The number of carbonyl (C=O) groups is 2. The van der Waals surface area contributed by atoms with Gasteiger partial charge >= 0.3 is 12.1 Å². The number of nitrogens with zero attached hydrogens (tertiary/aromatic N) is 1. The Kier molecular flexibility index (Phi) is 5.20. The third-order valence-corrected chi connectivity index (χ3v) is 3.42. The summed E-state index contributed by atoms with van der Waals surface area (Å²) in [6.07, 6.45) is 0.951.